The summed E-state index contributed by atoms with van der Waals surface area (Å²) in [5, 5.41) is 0. The Morgan fingerprint density at radius 2 is 2.11 bits per heavy atom. The molecule has 0 aromatic carbocycles. The Balaban J connectivity index is 1.89. The zero-order valence-electron chi connectivity index (χ0n) is 11.5. The number of carbonyl (C=O) groups excluding carboxylic acids is 1. The molecule has 1 aromatic rings. The van der Waals surface area contributed by atoms with Crippen LogP contribution in [-0.2, 0) is 4.79 Å². The second kappa shape index (κ2) is 6.41. The van der Waals surface area contributed by atoms with Gasteiger partial charge in [0.1, 0.15) is 0 Å². The molecule has 1 aliphatic rings. The van der Waals surface area contributed by atoms with E-state index in [2.05, 4.69) is 16.8 Å². The third kappa shape index (κ3) is 3.36. The molecule has 0 radical (unpaired) electrons. The number of nitrogen functional groups attached to an aromatic ring is 1. The topological polar surface area (TPSA) is 62.5 Å². The fraction of sp³-hybridized carbons (Fsp3) is 0.571. The second-order valence-electron chi connectivity index (χ2n) is 4.89. The third-order valence-electron chi connectivity index (χ3n) is 3.49. The first-order valence-corrected chi connectivity index (χ1v) is 6.95. The molecule has 0 saturated carbocycles. The highest BCUT2D eigenvalue weighted by Gasteiger charge is 2.22. The normalized spacial score (nSPS) is 15.6. The van der Waals surface area contributed by atoms with Crippen LogP contribution in [0.1, 0.15) is 26.2 Å². The smallest absolute Gasteiger partial charge is 0.222 e. The lowest BCUT2D eigenvalue weighted by Gasteiger charge is -2.35. The van der Waals surface area contributed by atoms with Gasteiger partial charge in [0.25, 0.3) is 0 Å². The van der Waals surface area contributed by atoms with Crippen LogP contribution in [0.15, 0.2) is 18.3 Å². The number of amides is 1. The van der Waals surface area contributed by atoms with Gasteiger partial charge in [-0.25, -0.2) is 4.98 Å². The van der Waals surface area contributed by atoms with Crippen LogP contribution in [0.4, 0.5) is 11.5 Å². The Morgan fingerprint density at radius 1 is 1.37 bits per heavy atom. The van der Waals surface area contributed by atoms with Crippen LogP contribution in [0.2, 0.25) is 0 Å². The molecule has 0 atom stereocenters. The van der Waals surface area contributed by atoms with Crippen LogP contribution in [0.5, 0.6) is 0 Å². The summed E-state index contributed by atoms with van der Waals surface area (Å²) in [6.07, 6.45) is 4.47. The summed E-state index contributed by atoms with van der Waals surface area (Å²) in [7, 11) is 0. The molecule has 1 saturated heterocycles. The maximum absolute atomic E-state index is 11.9. The standard InChI is InChI=1S/C14H22N4O/c1-2-3-6-13(19)17-8-10-18(11-9-17)14-12(15)5-4-7-16-14/h4-5,7H,2-3,6,8-11,15H2,1H3. The van der Waals surface area contributed by atoms with Gasteiger partial charge < -0.3 is 15.5 Å². The van der Waals surface area contributed by atoms with Crippen molar-refractivity contribution in [3.05, 3.63) is 18.3 Å². The van der Waals surface area contributed by atoms with E-state index in [1.807, 2.05) is 17.0 Å². The second-order valence-corrected chi connectivity index (χ2v) is 4.89. The molecule has 0 aliphatic carbocycles. The van der Waals surface area contributed by atoms with E-state index in [-0.39, 0.29) is 5.91 Å². The lowest BCUT2D eigenvalue weighted by Crippen LogP contribution is -2.49. The van der Waals surface area contributed by atoms with Crippen LogP contribution in [0, 0.1) is 0 Å². The number of piperazine rings is 1. The van der Waals surface area contributed by atoms with Gasteiger partial charge in [-0.15, -0.1) is 0 Å². The van der Waals surface area contributed by atoms with E-state index >= 15 is 0 Å². The van der Waals surface area contributed by atoms with Crippen molar-refractivity contribution in [2.75, 3.05) is 36.8 Å². The van der Waals surface area contributed by atoms with E-state index in [1.165, 1.54) is 0 Å². The fourth-order valence-electron chi connectivity index (χ4n) is 2.33. The number of hydrogen-bond donors (Lipinski definition) is 1. The average Bonchev–Trinajstić information content (AvgIpc) is 2.45. The van der Waals surface area contributed by atoms with E-state index in [4.69, 9.17) is 5.73 Å². The van der Waals surface area contributed by atoms with Crippen molar-refractivity contribution in [3.63, 3.8) is 0 Å². The Labute approximate surface area is 114 Å². The minimum atomic E-state index is 0.274. The number of carbonyl (C=O) groups is 1. The predicted molar refractivity (Wildman–Crippen MR) is 77.0 cm³/mol. The Bertz CT molecular complexity index is 427. The summed E-state index contributed by atoms with van der Waals surface area (Å²) in [6, 6.07) is 3.70. The first-order valence-electron chi connectivity index (χ1n) is 6.95. The number of pyridine rings is 1. The number of nitrogens with zero attached hydrogens (tertiary/aromatic N) is 3. The van der Waals surface area contributed by atoms with Crippen LogP contribution in [0.25, 0.3) is 0 Å². The molecule has 2 N–H and O–H groups in total. The number of hydrogen-bond acceptors (Lipinski definition) is 4. The van der Waals surface area contributed by atoms with Crippen molar-refractivity contribution < 1.29 is 4.79 Å². The highest BCUT2D eigenvalue weighted by molar-refractivity contribution is 5.76. The number of anilines is 2. The summed E-state index contributed by atoms with van der Waals surface area (Å²) in [5.74, 6) is 1.11. The van der Waals surface area contributed by atoms with Crippen LogP contribution >= 0.6 is 0 Å². The minimum Gasteiger partial charge on any atom is -0.396 e. The lowest BCUT2D eigenvalue weighted by atomic mass is 10.2. The molecule has 5 nitrogen and oxygen atoms in total. The van der Waals surface area contributed by atoms with Gasteiger partial charge in [0.15, 0.2) is 5.82 Å². The van der Waals surface area contributed by atoms with Gasteiger partial charge in [-0.3, -0.25) is 4.79 Å². The molecule has 1 aliphatic heterocycles. The molecule has 0 spiro atoms. The largest absolute Gasteiger partial charge is 0.396 e. The molecule has 1 amide bonds. The van der Waals surface area contributed by atoms with E-state index in [9.17, 15) is 4.79 Å². The van der Waals surface area contributed by atoms with E-state index < -0.39 is 0 Å². The van der Waals surface area contributed by atoms with Gasteiger partial charge >= 0.3 is 0 Å². The summed E-state index contributed by atoms with van der Waals surface area (Å²) < 4.78 is 0. The average molecular weight is 262 g/mol. The highest BCUT2D eigenvalue weighted by atomic mass is 16.2. The van der Waals surface area contributed by atoms with Gasteiger partial charge in [-0.2, -0.15) is 0 Å². The molecule has 1 aromatic heterocycles. The Kier molecular flexibility index (Phi) is 4.60. The maximum atomic E-state index is 11.9. The summed E-state index contributed by atoms with van der Waals surface area (Å²) >= 11 is 0. The molecule has 0 unspecified atom stereocenters. The lowest BCUT2D eigenvalue weighted by molar-refractivity contribution is -0.131. The van der Waals surface area contributed by atoms with Gasteiger partial charge in [-0.05, 0) is 18.6 Å². The molecular weight excluding hydrogens is 240 g/mol. The van der Waals surface area contributed by atoms with Gasteiger partial charge in [-0.1, -0.05) is 13.3 Å². The number of nitrogens with two attached hydrogens (primary N) is 1. The van der Waals surface area contributed by atoms with Crippen molar-refractivity contribution in [3.8, 4) is 0 Å². The van der Waals surface area contributed by atoms with Crippen LogP contribution < -0.4 is 10.6 Å². The fourth-order valence-corrected chi connectivity index (χ4v) is 2.33. The maximum Gasteiger partial charge on any atom is 0.222 e. The van der Waals surface area contributed by atoms with Gasteiger partial charge in [0.05, 0.1) is 5.69 Å². The zero-order chi connectivity index (χ0) is 13.7. The first-order chi connectivity index (χ1) is 9.22. The number of rotatable bonds is 4. The van der Waals surface area contributed by atoms with Crippen LogP contribution in [-0.4, -0.2) is 42.0 Å². The zero-order valence-corrected chi connectivity index (χ0v) is 11.5. The molecule has 104 valence electrons. The summed E-state index contributed by atoms with van der Waals surface area (Å²) in [4.78, 5) is 20.4. The summed E-state index contributed by atoms with van der Waals surface area (Å²) in [6.45, 7) is 5.24. The van der Waals surface area contributed by atoms with E-state index in [1.54, 1.807) is 6.20 Å². The number of aromatic nitrogens is 1. The van der Waals surface area contributed by atoms with Crippen molar-refractivity contribution in [1.82, 2.24) is 9.88 Å². The van der Waals surface area contributed by atoms with Crippen molar-refractivity contribution in [1.29, 1.82) is 0 Å². The number of unbranched alkanes of at least 4 members (excludes halogenated alkanes) is 1. The molecule has 2 rings (SSSR count). The quantitative estimate of drug-likeness (QED) is 0.893. The highest BCUT2D eigenvalue weighted by Crippen LogP contribution is 2.20. The molecular formula is C14H22N4O. The van der Waals surface area contributed by atoms with Crippen molar-refractivity contribution >= 4 is 17.4 Å². The van der Waals surface area contributed by atoms with E-state index in [0.29, 0.717) is 12.1 Å². The third-order valence-corrected chi connectivity index (χ3v) is 3.49. The van der Waals surface area contributed by atoms with Crippen molar-refractivity contribution in [2.45, 2.75) is 26.2 Å². The Hall–Kier alpha value is -1.78. The summed E-state index contributed by atoms with van der Waals surface area (Å²) in [5.41, 5.74) is 6.63. The predicted octanol–water partition coefficient (Wildman–Crippen LogP) is 1.50. The molecule has 5 heteroatoms. The Morgan fingerprint density at radius 3 is 2.74 bits per heavy atom. The van der Waals surface area contributed by atoms with E-state index in [0.717, 1.165) is 44.8 Å². The van der Waals surface area contributed by atoms with Crippen molar-refractivity contribution in [2.24, 2.45) is 0 Å². The van der Waals surface area contributed by atoms with Gasteiger partial charge in [0.2, 0.25) is 5.91 Å². The molecule has 0 bridgehead atoms. The SMILES string of the molecule is CCCCC(=O)N1CCN(c2ncccc2N)CC1. The van der Waals surface area contributed by atoms with Gasteiger partial charge in [0, 0.05) is 38.8 Å². The minimum absolute atomic E-state index is 0.274. The monoisotopic (exact) mass is 262 g/mol. The van der Waals surface area contributed by atoms with Crippen LogP contribution in [0.3, 0.4) is 0 Å². The molecule has 2 heterocycles. The first kappa shape index (κ1) is 13.6. The molecule has 1 fully saturated rings. The molecule has 19 heavy (non-hydrogen) atoms.